The molecule has 0 aromatic heterocycles. The van der Waals surface area contributed by atoms with Crippen molar-refractivity contribution in [3.8, 4) is 11.5 Å². The number of carbonyl (C=O) groups excluding carboxylic acids is 4. The third-order valence-electron chi connectivity index (χ3n) is 4.55. The largest absolute Gasteiger partial charge is 0.460 e. The number of hydrogen-bond donors (Lipinski definition) is 2. The third kappa shape index (κ3) is 11.1. The summed E-state index contributed by atoms with van der Waals surface area (Å²) in [5.41, 5.74) is 0. The van der Waals surface area contributed by atoms with Crippen molar-refractivity contribution < 1.29 is 47.6 Å². The Morgan fingerprint density at radius 2 is 1.24 bits per heavy atom. The quantitative estimate of drug-likeness (QED) is 0.188. The molecule has 0 fully saturated rings. The smallest absolute Gasteiger partial charge is 0.412 e. The molecule has 2 amide bonds. The molecule has 0 radical (unpaired) electrons. The van der Waals surface area contributed by atoms with Crippen molar-refractivity contribution in [3.05, 3.63) is 61.7 Å². The molecule has 38 heavy (non-hydrogen) atoms. The van der Waals surface area contributed by atoms with Gasteiger partial charge in [-0.3, -0.25) is 0 Å². The van der Waals surface area contributed by atoms with E-state index in [0.717, 1.165) is 17.5 Å². The number of rotatable bonds is 16. The van der Waals surface area contributed by atoms with E-state index >= 15 is 0 Å². The lowest BCUT2D eigenvalue weighted by Gasteiger charge is -2.14. The molecule has 0 saturated carbocycles. The summed E-state index contributed by atoms with van der Waals surface area (Å²) in [6.45, 7) is 7.57. The Balaban J connectivity index is 1.83. The Morgan fingerprint density at radius 3 is 1.82 bits per heavy atom. The van der Waals surface area contributed by atoms with Crippen LogP contribution in [-0.4, -0.2) is 76.9 Å². The normalized spacial score (nSPS) is 10.2. The van der Waals surface area contributed by atoms with Gasteiger partial charge in [0.1, 0.15) is 13.2 Å². The maximum absolute atomic E-state index is 12.4. The summed E-state index contributed by atoms with van der Waals surface area (Å²) in [7, 11) is 0. The number of hydrogen-bond acceptors (Lipinski definition) is 10. The fourth-order valence-electron chi connectivity index (χ4n) is 2.85. The van der Waals surface area contributed by atoms with E-state index in [9.17, 15) is 19.2 Å². The van der Waals surface area contributed by atoms with Gasteiger partial charge in [0.2, 0.25) is 0 Å². The molecule has 2 aromatic carbocycles. The second-order valence-electron chi connectivity index (χ2n) is 7.21. The standard InChI is InChI=1S/C26H30N2O10/c1-3-22(29)35-17-15-33-13-11-27-25(31)37-21-10-9-19-7-5-6-8-20(19)24(21)38-26(32)28-12-14-34-16-18-36-23(30)4-2/h3-10H,1-2,11-18H2,(H,27,31)(H,28,32). The Kier molecular flexibility index (Phi) is 13.4. The van der Waals surface area contributed by atoms with Crippen LogP contribution in [-0.2, 0) is 28.5 Å². The minimum absolute atomic E-state index is 0.0360. The molecule has 0 bridgehead atoms. The molecular formula is C26H30N2O10. The van der Waals surface area contributed by atoms with Gasteiger partial charge in [0.15, 0.2) is 11.5 Å². The minimum Gasteiger partial charge on any atom is -0.460 e. The lowest BCUT2D eigenvalue weighted by atomic mass is 10.1. The van der Waals surface area contributed by atoms with Crippen LogP contribution in [0.2, 0.25) is 0 Å². The van der Waals surface area contributed by atoms with Crippen molar-refractivity contribution in [2.75, 3.05) is 52.7 Å². The average molecular weight is 531 g/mol. The van der Waals surface area contributed by atoms with Crippen molar-refractivity contribution >= 4 is 34.9 Å². The molecule has 0 aliphatic carbocycles. The molecule has 12 heteroatoms. The number of ether oxygens (including phenoxy) is 6. The first-order valence-corrected chi connectivity index (χ1v) is 11.6. The van der Waals surface area contributed by atoms with Crippen LogP contribution >= 0.6 is 0 Å². The van der Waals surface area contributed by atoms with Gasteiger partial charge in [0.25, 0.3) is 0 Å². The van der Waals surface area contributed by atoms with Crippen LogP contribution in [0.1, 0.15) is 0 Å². The molecule has 204 valence electrons. The third-order valence-corrected chi connectivity index (χ3v) is 4.55. The van der Waals surface area contributed by atoms with Gasteiger partial charge < -0.3 is 39.1 Å². The highest BCUT2D eigenvalue weighted by molar-refractivity contribution is 5.93. The van der Waals surface area contributed by atoms with Gasteiger partial charge >= 0.3 is 24.1 Å². The molecular weight excluding hydrogens is 500 g/mol. The number of fused-ring (bicyclic) bond motifs is 1. The summed E-state index contributed by atoms with van der Waals surface area (Å²) in [5.74, 6) is -0.995. The summed E-state index contributed by atoms with van der Waals surface area (Å²) in [6, 6.07) is 10.4. The van der Waals surface area contributed by atoms with Crippen molar-refractivity contribution in [2.45, 2.75) is 0 Å². The highest BCUT2D eigenvalue weighted by Gasteiger charge is 2.17. The summed E-state index contributed by atoms with van der Waals surface area (Å²) in [6.07, 6.45) is 0.543. The van der Waals surface area contributed by atoms with E-state index in [-0.39, 0.29) is 64.2 Å². The van der Waals surface area contributed by atoms with E-state index in [1.807, 2.05) is 12.1 Å². The predicted octanol–water partition coefficient (Wildman–Crippen LogP) is 2.51. The van der Waals surface area contributed by atoms with Gasteiger partial charge in [0.05, 0.1) is 26.4 Å². The van der Waals surface area contributed by atoms with E-state index in [0.29, 0.717) is 5.39 Å². The van der Waals surface area contributed by atoms with Crippen molar-refractivity contribution in [2.24, 2.45) is 0 Å². The van der Waals surface area contributed by atoms with Crippen LogP contribution in [0.3, 0.4) is 0 Å². The molecule has 12 nitrogen and oxygen atoms in total. The number of benzene rings is 2. The van der Waals surface area contributed by atoms with Crippen LogP contribution in [0.15, 0.2) is 61.7 Å². The fraction of sp³-hybridized carbons (Fsp3) is 0.308. The number of amides is 2. The number of carbonyl (C=O) groups is 4. The van der Waals surface area contributed by atoms with Crippen molar-refractivity contribution in [1.29, 1.82) is 0 Å². The molecule has 0 aliphatic rings. The first-order valence-electron chi connectivity index (χ1n) is 11.6. The van der Waals surface area contributed by atoms with Crippen LogP contribution in [0.25, 0.3) is 10.8 Å². The molecule has 0 aliphatic heterocycles. The molecule has 2 rings (SSSR count). The maximum Gasteiger partial charge on any atom is 0.412 e. The Morgan fingerprint density at radius 1 is 0.684 bits per heavy atom. The Bertz CT molecular complexity index is 1120. The zero-order chi connectivity index (χ0) is 27.6. The molecule has 2 N–H and O–H groups in total. The van der Waals surface area contributed by atoms with Gasteiger partial charge in [-0.15, -0.1) is 0 Å². The van der Waals surface area contributed by atoms with Crippen molar-refractivity contribution in [1.82, 2.24) is 10.6 Å². The van der Waals surface area contributed by atoms with Crippen LogP contribution in [0.5, 0.6) is 11.5 Å². The highest BCUT2D eigenvalue weighted by atomic mass is 16.6. The van der Waals surface area contributed by atoms with Crippen LogP contribution in [0.4, 0.5) is 9.59 Å². The lowest BCUT2D eigenvalue weighted by molar-refractivity contribution is -0.140. The molecule has 0 spiro atoms. The minimum atomic E-state index is -0.780. The van der Waals surface area contributed by atoms with E-state index in [1.54, 1.807) is 18.2 Å². The second-order valence-corrected chi connectivity index (χ2v) is 7.21. The molecule has 0 saturated heterocycles. The summed E-state index contributed by atoms with van der Waals surface area (Å²) < 4.78 is 30.9. The topological polar surface area (TPSA) is 148 Å². The predicted molar refractivity (Wildman–Crippen MR) is 136 cm³/mol. The average Bonchev–Trinajstić information content (AvgIpc) is 2.92. The molecule has 0 unspecified atom stereocenters. The summed E-state index contributed by atoms with van der Waals surface area (Å²) in [5, 5.41) is 6.39. The highest BCUT2D eigenvalue weighted by Crippen LogP contribution is 2.35. The lowest BCUT2D eigenvalue weighted by Crippen LogP contribution is -2.32. The summed E-state index contributed by atoms with van der Waals surface area (Å²) in [4.78, 5) is 46.6. The maximum atomic E-state index is 12.4. The zero-order valence-electron chi connectivity index (χ0n) is 20.8. The number of esters is 2. The SMILES string of the molecule is C=CC(=O)OCCOCCNC(=O)Oc1ccc2ccccc2c1OC(=O)NCCOCCOC(=O)C=C. The second kappa shape index (κ2) is 17.1. The molecule has 0 atom stereocenters. The molecule has 2 aromatic rings. The van der Waals surface area contributed by atoms with Gasteiger partial charge in [0, 0.05) is 30.6 Å². The Hall–Kier alpha value is -4.42. The summed E-state index contributed by atoms with van der Waals surface area (Å²) >= 11 is 0. The van der Waals surface area contributed by atoms with Gasteiger partial charge in [-0.1, -0.05) is 43.5 Å². The van der Waals surface area contributed by atoms with Crippen LogP contribution in [0, 0.1) is 0 Å². The molecule has 0 heterocycles. The van der Waals surface area contributed by atoms with E-state index < -0.39 is 24.1 Å². The van der Waals surface area contributed by atoms with Crippen molar-refractivity contribution in [3.63, 3.8) is 0 Å². The fourth-order valence-corrected chi connectivity index (χ4v) is 2.85. The monoisotopic (exact) mass is 530 g/mol. The first kappa shape index (κ1) is 29.8. The van der Waals surface area contributed by atoms with Gasteiger partial charge in [-0.2, -0.15) is 0 Å². The Labute approximate surface area is 219 Å². The van der Waals surface area contributed by atoms with E-state index in [4.69, 9.17) is 28.4 Å². The van der Waals surface area contributed by atoms with Gasteiger partial charge in [-0.25, -0.2) is 19.2 Å². The zero-order valence-corrected chi connectivity index (χ0v) is 20.8. The van der Waals surface area contributed by atoms with E-state index in [1.165, 1.54) is 6.07 Å². The first-order chi connectivity index (χ1) is 18.4. The number of nitrogens with one attached hydrogen (secondary N) is 2. The van der Waals surface area contributed by atoms with Crippen LogP contribution < -0.4 is 20.1 Å². The van der Waals surface area contributed by atoms with E-state index in [2.05, 4.69) is 23.8 Å². The van der Waals surface area contributed by atoms with Gasteiger partial charge in [-0.05, 0) is 11.5 Å².